The maximum Gasteiger partial charge on any atom is 0.387 e. The summed E-state index contributed by atoms with van der Waals surface area (Å²) in [6.07, 6.45) is 2.14. The van der Waals surface area contributed by atoms with Crippen LogP contribution in [-0.4, -0.2) is 24.2 Å². The number of rotatable bonds is 8. The number of nitrogens with one attached hydrogen (secondary N) is 1. The number of fused-ring (bicyclic) bond motifs is 1. The van der Waals surface area contributed by atoms with Crippen LogP contribution >= 0.6 is 0 Å². The van der Waals surface area contributed by atoms with Crippen molar-refractivity contribution in [1.82, 2.24) is 4.98 Å². The van der Waals surface area contributed by atoms with Gasteiger partial charge in [-0.15, -0.1) is 0 Å². The summed E-state index contributed by atoms with van der Waals surface area (Å²) in [6, 6.07) is 11.8. The van der Waals surface area contributed by atoms with Crippen LogP contribution in [0.1, 0.15) is 40.9 Å². The van der Waals surface area contributed by atoms with Crippen molar-refractivity contribution in [1.29, 1.82) is 5.26 Å². The Morgan fingerprint density at radius 3 is 2.58 bits per heavy atom. The molecule has 0 unspecified atom stereocenters. The highest BCUT2D eigenvalue weighted by atomic mass is 19.3. The number of carbonyl (C=O) groups is 1. The van der Waals surface area contributed by atoms with Crippen molar-refractivity contribution in [3.05, 3.63) is 64.8 Å². The number of ether oxygens (including phenoxy) is 2. The third-order valence-electron chi connectivity index (χ3n) is 4.67. The molecule has 3 aromatic rings. The average molecular weight is 425 g/mol. The Morgan fingerprint density at radius 2 is 1.97 bits per heavy atom. The standard InChI is InChI=1S/C23H21F2N3O3/c1-3-16-9-15(11-26)10-18-20(16)28-13-19(22(29)30-4-2)21(18)27-12-14-5-7-17(8-6-14)31-23(24)25/h5-10,13,23H,3-4,12H2,1-2H3,(H,27,28). The number of anilines is 1. The number of alkyl halides is 2. The number of aryl methyl sites for hydroxylation is 1. The lowest BCUT2D eigenvalue weighted by Crippen LogP contribution is -2.12. The van der Waals surface area contributed by atoms with Gasteiger partial charge in [0.25, 0.3) is 0 Å². The van der Waals surface area contributed by atoms with E-state index in [0.29, 0.717) is 35.1 Å². The zero-order chi connectivity index (χ0) is 22.4. The molecule has 0 fully saturated rings. The molecule has 2 aromatic carbocycles. The molecule has 0 saturated heterocycles. The van der Waals surface area contributed by atoms with Gasteiger partial charge in [0.1, 0.15) is 11.3 Å². The number of esters is 1. The lowest BCUT2D eigenvalue weighted by Gasteiger charge is -2.16. The first-order valence-corrected chi connectivity index (χ1v) is 9.77. The lowest BCUT2D eigenvalue weighted by molar-refractivity contribution is -0.0498. The number of nitrogens with zero attached hydrogens (tertiary/aromatic N) is 2. The van der Waals surface area contributed by atoms with Gasteiger partial charge in [-0.25, -0.2) is 4.79 Å². The van der Waals surface area contributed by atoms with E-state index in [4.69, 9.17) is 4.74 Å². The average Bonchev–Trinajstić information content (AvgIpc) is 2.77. The van der Waals surface area contributed by atoms with E-state index in [1.165, 1.54) is 18.3 Å². The maximum absolute atomic E-state index is 12.5. The van der Waals surface area contributed by atoms with E-state index in [0.717, 1.165) is 11.1 Å². The van der Waals surface area contributed by atoms with Gasteiger partial charge in [-0.2, -0.15) is 14.0 Å². The van der Waals surface area contributed by atoms with Crippen LogP contribution in [-0.2, 0) is 17.7 Å². The first kappa shape index (κ1) is 22.0. The van der Waals surface area contributed by atoms with Crippen LogP contribution in [0.2, 0.25) is 0 Å². The normalized spacial score (nSPS) is 10.7. The monoisotopic (exact) mass is 425 g/mol. The second kappa shape index (κ2) is 9.85. The van der Waals surface area contributed by atoms with Crippen molar-refractivity contribution in [2.24, 2.45) is 0 Å². The van der Waals surface area contributed by atoms with E-state index in [1.54, 1.807) is 31.2 Å². The molecular formula is C23H21F2N3O3. The summed E-state index contributed by atoms with van der Waals surface area (Å²) in [5, 5.41) is 13.3. The van der Waals surface area contributed by atoms with E-state index in [9.17, 15) is 18.8 Å². The molecule has 0 atom stereocenters. The molecule has 31 heavy (non-hydrogen) atoms. The zero-order valence-corrected chi connectivity index (χ0v) is 17.1. The fourth-order valence-corrected chi connectivity index (χ4v) is 3.24. The summed E-state index contributed by atoms with van der Waals surface area (Å²) in [5.74, 6) is -0.466. The topological polar surface area (TPSA) is 84.2 Å². The zero-order valence-electron chi connectivity index (χ0n) is 17.1. The summed E-state index contributed by atoms with van der Waals surface area (Å²) in [6.45, 7) is 1.30. The second-order valence-electron chi connectivity index (χ2n) is 6.64. The minimum absolute atomic E-state index is 0.0616. The SMILES string of the molecule is CCOC(=O)c1cnc2c(CC)cc(C#N)cc2c1NCc1ccc(OC(F)F)cc1. The van der Waals surface area contributed by atoms with Gasteiger partial charge in [0, 0.05) is 18.1 Å². The van der Waals surface area contributed by atoms with E-state index >= 15 is 0 Å². The van der Waals surface area contributed by atoms with Crippen LogP contribution in [0.5, 0.6) is 5.75 Å². The Bertz CT molecular complexity index is 1130. The highest BCUT2D eigenvalue weighted by Gasteiger charge is 2.18. The molecule has 0 amide bonds. The molecule has 0 radical (unpaired) electrons. The van der Waals surface area contributed by atoms with Crippen LogP contribution in [0, 0.1) is 11.3 Å². The van der Waals surface area contributed by atoms with E-state index in [-0.39, 0.29) is 17.9 Å². The van der Waals surface area contributed by atoms with Gasteiger partial charge in [-0.3, -0.25) is 4.98 Å². The van der Waals surface area contributed by atoms with Crippen molar-refractivity contribution in [3.8, 4) is 11.8 Å². The van der Waals surface area contributed by atoms with Gasteiger partial charge in [0.2, 0.25) is 0 Å². The number of hydrogen-bond donors (Lipinski definition) is 1. The molecule has 0 aliphatic heterocycles. The summed E-state index contributed by atoms with van der Waals surface area (Å²) in [7, 11) is 0. The minimum atomic E-state index is -2.89. The third-order valence-corrected chi connectivity index (χ3v) is 4.67. The lowest BCUT2D eigenvalue weighted by atomic mass is 10.0. The third kappa shape index (κ3) is 5.07. The predicted molar refractivity (Wildman–Crippen MR) is 112 cm³/mol. The van der Waals surface area contributed by atoms with Crippen LogP contribution in [0.4, 0.5) is 14.5 Å². The summed E-state index contributed by atoms with van der Waals surface area (Å²) in [5.41, 5.74) is 3.59. The fraction of sp³-hybridized carbons (Fsp3) is 0.261. The Morgan fingerprint density at radius 1 is 1.23 bits per heavy atom. The summed E-state index contributed by atoms with van der Waals surface area (Å²) >= 11 is 0. The quantitative estimate of drug-likeness (QED) is 0.508. The Labute approximate surface area is 178 Å². The Balaban J connectivity index is 2.02. The van der Waals surface area contributed by atoms with Crippen LogP contribution in [0.25, 0.3) is 10.9 Å². The molecule has 0 aliphatic carbocycles. The number of pyridine rings is 1. The van der Waals surface area contributed by atoms with Crippen molar-refractivity contribution >= 4 is 22.6 Å². The first-order valence-electron chi connectivity index (χ1n) is 9.77. The predicted octanol–water partition coefficient (Wildman–Crippen LogP) is 5.06. The Hall–Kier alpha value is -3.73. The van der Waals surface area contributed by atoms with Crippen LogP contribution < -0.4 is 10.1 Å². The number of aromatic nitrogens is 1. The van der Waals surface area contributed by atoms with Gasteiger partial charge >= 0.3 is 12.6 Å². The number of carbonyl (C=O) groups excluding carboxylic acids is 1. The van der Waals surface area contributed by atoms with E-state index in [1.807, 2.05) is 6.92 Å². The first-order chi connectivity index (χ1) is 15.0. The molecule has 1 aromatic heterocycles. The van der Waals surface area contributed by atoms with Crippen molar-refractivity contribution < 1.29 is 23.0 Å². The molecule has 1 heterocycles. The maximum atomic E-state index is 12.5. The Kier molecular flexibility index (Phi) is 6.98. The van der Waals surface area contributed by atoms with Gasteiger partial charge in [0.05, 0.1) is 29.4 Å². The van der Waals surface area contributed by atoms with Gasteiger partial charge in [-0.05, 0) is 48.7 Å². The number of halogens is 2. The highest BCUT2D eigenvalue weighted by Crippen LogP contribution is 2.31. The minimum Gasteiger partial charge on any atom is -0.462 e. The van der Waals surface area contributed by atoms with E-state index < -0.39 is 12.6 Å². The van der Waals surface area contributed by atoms with Gasteiger partial charge < -0.3 is 14.8 Å². The summed E-state index contributed by atoms with van der Waals surface area (Å²) < 4.78 is 34.2. The van der Waals surface area contributed by atoms with Crippen LogP contribution in [0.3, 0.4) is 0 Å². The molecule has 0 spiro atoms. The van der Waals surface area contributed by atoms with Gasteiger partial charge in [0.15, 0.2) is 0 Å². The fourth-order valence-electron chi connectivity index (χ4n) is 3.24. The van der Waals surface area contributed by atoms with Crippen molar-refractivity contribution in [3.63, 3.8) is 0 Å². The van der Waals surface area contributed by atoms with Crippen molar-refractivity contribution in [2.45, 2.75) is 33.4 Å². The smallest absolute Gasteiger partial charge is 0.387 e. The van der Waals surface area contributed by atoms with Crippen molar-refractivity contribution in [2.75, 3.05) is 11.9 Å². The molecule has 0 bridgehead atoms. The molecule has 0 aliphatic rings. The molecule has 0 saturated carbocycles. The van der Waals surface area contributed by atoms with E-state index in [2.05, 4.69) is 21.1 Å². The van der Waals surface area contributed by atoms with Gasteiger partial charge in [-0.1, -0.05) is 19.1 Å². The molecular weight excluding hydrogens is 404 g/mol. The van der Waals surface area contributed by atoms with Crippen LogP contribution in [0.15, 0.2) is 42.6 Å². The second-order valence-corrected chi connectivity index (χ2v) is 6.64. The molecule has 3 rings (SSSR count). The summed E-state index contributed by atoms with van der Waals surface area (Å²) in [4.78, 5) is 17.0. The molecule has 160 valence electrons. The number of hydrogen-bond acceptors (Lipinski definition) is 6. The highest BCUT2D eigenvalue weighted by molar-refractivity contribution is 6.06. The molecule has 1 N–H and O–H groups in total. The number of nitriles is 1. The largest absolute Gasteiger partial charge is 0.462 e. The molecule has 6 nitrogen and oxygen atoms in total. The molecule has 8 heteroatoms. The number of benzene rings is 2.